The predicted molar refractivity (Wildman–Crippen MR) is 135 cm³/mol. The Morgan fingerprint density at radius 3 is 2.26 bits per heavy atom. The first-order chi connectivity index (χ1) is 17.0. The van der Waals surface area contributed by atoms with Crippen LogP contribution in [-0.2, 0) is 14.3 Å². The van der Waals surface area contributed by atoms with Gasteiger partial charge in [0.05, 0.1) is 30.6 Å². The fourth-order valence-electron chi connectivity index (χ4n) is 5.35. The molecule has 1 atom stereocenters. The first kappa shape index (κ1) is 23.6. The zero-order valence-electron chi connectivity index (χ0n) is 20.2. The summed E-state index contributed by atoms with van der Waals surface area (Å²) < 4.78 is 10.9. The standard InChI is InChI=1S/C27H33N3O5/c1-19-18-29(27(32)33)25-17-22(21-2-5-23(6-3-21)28-10-14-35-15-11-28)4-7-24(25)30(19)26(31)16-20-8-12-34-13-9-20/h2-7,17,19-20H,8-16,18H2,1H3,(H,32,33)/t19-/m0/s1. The van der Waals surface area contributed by atoms with Crippen LogP contribution in [0, 0.1) is 5.92 Å². The van der Waals surface area contributed by atoms with Crippen LogP contribution in [-0.4, -0.2) is 69.2 Å². The Balaban J connectivity index is 1.42. The van der Waals surface area contributed by atoms with Crippen molar-refractivity contribution in [2.75, 3.05) is 60.8 Å². The van der Waals surface area contributed by atoms with Gasteiger partial charge in [-0.05, 0) is 61.1 Å². The molecule has 0 spiro atoms. The molecule has 0 bridgehead atoms. The molecule has 0 aromatic heterocycles. The number of carbonyl (C=O) groups excluding carboxylic acids is 1. The van der Waals surface area contributed by atoms with Gasteiger partial charge in [0, 0.05) is 45.0 Å². The van der Waals surface area contributed by atoms with Crippen LogP contribution >= 0.6 is 0 Å². The second-order valence-corrected chi connectivity index (χ2v) is 9.62. The molecule has 35 heavy (non-hydrogen) atoms. The van der Waals surface area contributed by atoms with Crippen molar-refractivity contribution in [2.24, 2.45) is 5.92 Å². The largest absolute Gasteiger partial charge is 0.465 e. The number of amides is 2. The maximum absolute atomic E-state index is 13.4. The molecule has 2 fully saturated rings. The Labute approximate surface area is 206 Å². The molecule has 0 saturated carbocycles. The highest BCUT2D eigenvalue weighted by Crippen LogP contribution is 2.40. The van der Waals surface area contributed by atoms with E-state index in [1.165, 1.54) is 4.90 Å². The number of anilines is 3. The molecule has 0 unspecified atom stereocenters. The molecule has 3 aliphatic rings. The highest BCUT2D eigenvalue weighted by molar-refractivity contribution is 6.03. The predicted octanol–water partition coefficient (Wildman–Crippen LogP) is 4.23. The molecule has 3 heterocycles. The van der Waals surface area contributed by atoms with Gasteiger partial charge < -0.3 is 24.4 Å². The summed E-state index contributed by atoms with van der Waals surface area (Å²) in [6.07, 6.45) is 1.24. The summed E-state index contributed by atoms with van der Waals surface area (Å²) in [5.74, 6) is 0.368. The minimum Gasteiger partial charge on any atom is -0.465 e. The van der Waals surface area contributed by atoms with E-state index in [-0.39, 0.29) is 18.5 Å². The lowest BCUT2D eigenvalue weighted by molar-refractivity contribution is -0.120. The average Bonchev–Trinajstić information content (AvgIpc) is 2.89. The molecule has 0 aliphatic carbocycles. The fourth-order valence-corrected chi connectivity index (χ4v) is 5.35. The van der Waals surface area contributed by atoms with Crippen molar-refractivity contribution in [3.63, 3.8) is 0 Å². The van der Waals surface area contributed by atoms with E-state index in [1.807, 2.05) is 25.1 Å². The number of rotatable bonds is 4. The van der Waals surface area contributed by atoms with E-state index >= 15 is 0 Å². The van der Waals surface area contributed by atoms with Crippen LogP contribution in [0.2, 0.25) is 0 Å². The molecular weight excluding hydrogens is 446 g/mol. The summed E-state index contributed by atoms with van der Waals surface area (Å²) in [7, 11) is 0. The van der Waals surface area contributed by atoms with Gasteiger partial charge in [0.1, 0.15) is 0 Å². The third-order valence-corrected chi connectivity index (χ3v) is 7.29. The Morgan fingerprint density at radius 2 is 1.57 bits per heavy atom. The molecular formula is C27H33N3O5. The van der Waals surface area contributed by atoms with Gasteiger partial charge in [0.15, 0.2) is 0 Å². The van der Waals surface area contributed by atoms with E-state index in [9.17, 15) is 14.7 Å². The van der Waals surface area contributed by atoms with Gasteiger partial charge in [0.2, 0.25) is 5.91 Å². The van der Waals surface area contributed by atoms with E-state index in [1.54, 1.807) is 4.90 Å². The molecule has 5 rings (SSSR count). The highest BCUT2D eigenvalue weighted by Gasteiger charge is 2.36. The van der Waals surface area contributed by atoms with Gasteiger partial charge in [-0.3, -0.25) is 9.69 Å². The fraction of sp³-hybridized carbons (Fsp3) is 0.481. The van der Waals surface area contributed by atoms with Crippen LogP contribution in [0.1, 0.15) is 26.2 Å². The summed E-state index contributed by atoms with van der Waals surface area (Å²) >= 11 is 0. The minimum atomic E-state index is -1.01. The zero-order chi connectivity index (χ0) is 24.4. The number of carbonyl (C=O) groups is 2. The van der Waals surface area contributed by atoms with Gasteiger partial charge >= 0.3 is 6.09 Å². The summed E-state index contributed by atoms with van der Waals surface area (Å²) in [6, 6.07) is 13.9. The van der Waals surface area contributed by atoms with Crippen LogP contribution in [0.25, 0.3) is 11.1 Å². The molecule has 2 aromatic rings. The topological polar surface area (TPSA) is 82.6 Å². The molecule has 2 aromatic carbocycles. The summed E-state index contributed by atoms with van der Waals surface area (Å²) in [5.41, 5.74) is 4.31. The molecule has 186 valence electrons. The third kappa shape index (κ3) is 4.99. The van der Waals surface area contributed by atoms with Crippen molar-refractivity contribution >= 4 is 29.1 Å². The lowest BCUT2D eigenvalue weighted by atomic mass is 9.94. The number of carboxylic acid groups (broad SMARTS) is 1. The Hall–Kier alpha value is -3.10. The Bertz CT molecular complexity index is 1060. The third-order valence-electron chi connectivity index (χ3n) is 7.29. The van der Waals surface area contributed by atoms with Crippen LogP contribution in [0.4, 0.5) is 21.9 Å². The number of hydrogen-bond acceptors (Lipinski definition) is 5. The smallest absolute Gasteiger partial charge is 0.411 e. The van der Waals surface area contributed by atoms with E-state index in [2.05, 4.69) is 29.2 Å². The van der Waals surface area contributed by atoms with Crippen molar-refractivity contribution in [3.8, 4) is 11.1 Å². The van der Waals surface area contributed by atoms with Crippen molar-refractivity contribution < 1.29 is 24.2 Å². The van der Waals surface area contributed by atoms with E-state index in [4.69, 9.17) is 9.47 Å². The van der Waals surface area contributed by atoms with Crippen molar-refractivity contribution in [1.29, 1.82) is 0 Å². The van der Waals surface area contributed by atoms with Crippen molar-refractivity contribution in [1.82, 2.24) is 0 Å². The van der Waals surface area contributed by atoms with Crippen molar-refractivity contribution in [2.45, 2.75) is 32.2 Å². The van der Waals surface area contributed by atoms with Gasteiger partial charge in [-0.15, -0.1) is 0 Å². The number of ether oxygens (including phenoxy) is 2. The monoisotopic (exact) mass is 479 g/mol. The Kier molecular flexibility index (Phi) is 6.92. The maximum atomic E-state index is 13.4. The molecule has 3 aliphatic heterocycles. The van der Waals surface area contributed by atoms with Crippen molar-refractivity contribution in [3.05, 3.63) is 42.5 Å². The number of fused-ring (bicyclic) bond motifs is 1. The highest BCUT2D eigenvalue weighted by atomic mass is 16.5. The number of benzene rings is 2. The number of morpholine rings is 1. The maximum Gasteiger partial charge on any atom is 0.411 e. The lowest BCUT2D eigenvalue weighted by Gasteiger charge is -2.41. The minimum absolute atomic E-state index is 0.0540. The summed E-state index contributed by atoms with van der Waals surface area (Å²) in [6.45, 7) is 6.79. The number of hydrogen-bond donors (Lipinski definition) is 1. The van der Waals surface area contributed by atoms with Crippen LogP contribution < -0.4 is 14.7 Å². The van der Waals surface area contributed by atoms with Crippen LogP contribution in [0.15, 0.2) is 42.5 Å². The molecule has 2 amide bonds. The molecule has 1 N–H and O–H groups in total. The van der Waals surface area contributed by atoms with E-state index in [0.717, 1.165) is 56.0 Å². The summed E-state index contributed by atoms with van der Waals surface area (Å²) in [4.78, 5) is 30.9. The Morgan fingerprint density at radius 1 is 0.914 bits per heavy atom. The zero-order valence-corrected chi connectivity index (χ0v) is 20.2. The second-order valence-electron chi connectivity index (χ2n) is 9.62. The molecule has 0 radical (unpaired) electrons. The van der Waals surface area contributed by atoms with Gasteiger partial charge in [-0.2, -0.15) is 0 Å². The van der Waals surface area contributed by atoms with Crippen LogP contribution in [0.5, 0.6) is 0 Å². The quantitative estimate of drug-likeness (QED) is 0.707. The second kappa shape index (κ2) is 10.3. The van der Waals surface area contributed by atoms with Gasteiger partial charge in [-0.25, -0.2) is 4.79 Å². The molecule has 8 heteroatoms. The van der Waals surface area contributed by atoms with Gasteiger partial charge in [-0.1, -0.05) is 18.2 Å². The number of nitrogens with zero attached hydrogens (tertiary/aromatic N) is 3. The molecule has 8 nitrogen and oxygen atoms in total. The first-order valence-electron chi connectivity index (χ1n) is 12.5. The molecule has 2 saturated heterocycles. The van der Waals surface area contributed by atoms with Gasteiger partial charge in [0.25, 0.3) is 0 Å². The first-order valence-corrected chi connectivity index (χ1v) is 12.5. The van der Waals surface area contributed by atoms with E-state index in [0.29, 0.717) is 36.9 Å². The van der Waals surface area contributed by atoms with Crippen LogP contribution in [0.3, 0.4) is 0 Å². The normalized spacial score (nSPS) is 21.1. The lowest BCUT2D eigenvalue weighted by Crippen LogP contribution is -2.52. The average molecular weight is 480 g/mol. The summed E-state index contributed by atoms with van der Waals surface area (Å²) in [5, 5.41) is 9.92. The SMILES string of the molecule is C[C@H]1CN(C(=O)O)c2cc(-c3ccc(N4CCOCC4)cc3)ccc2N1C(=O)CC1CCOCC1. The van der Waals surface area contributed by atoms with E-state index < -0.39 is 6.09 Å².